The highest BCUT2D eigenvalue weighted by Crippen LogP contribution is 2.28. The van der Waals surface area contributed by atoms with E-state index in [1.54, 1.807) is 12.1 Å². The van der Waals surface area contributed by atoms with Crippen molar-refractivity contribution in [3.8, 4) is 10.6 Å². The van der Waals surface area contributed by atoms with E-state index in [1.807, 2.05) is 59.5 Å². The fraction of sp³-hybridized carbons (Fsp3) is 0.308. The van der Waals surface area contributed by atoms with E-state index in [0.29, 0.717) is 21.7 Å². The average molecular weight is 495 g/mol. The minimum Gasteiger partial charge on any atom is -0.336 e. The smallest absolute Gasteiger partial charge is 0.246 e. The molecule has 2 amide bonds. The lowest BCUT2D eigenvalue weighted by molar-refractivity contribution is -0.129. The molecule has 1 aliphatic carbocycles. The van der Waals surface area contributed by atoms with Gasteiger partial charge in [-0.15, -0.1) is 10.2 Å². The monoisotopic (exact) mass is 494 g/mol. The van der Waals surface area contributed by atoms with E-state index in [-0.39, 0.29) is 24.3 Å². The Bertz CT molecular complexity index is 1140. The molecule has 34 heavy (non-hydrogen) atoms. The van der Waals surface area contributed by atoms with E-state index in [0.717, 1.165) is 36.8 Å². The van der Waals surface area contributed by atoms with Gasteiger partial charge in [0.2, 0.25) is 16.9 Å². The Kier molecular flexibility index (Phi) is 8.44. The van der Waals surface area contributed by atoms with Gasteiger partial charge in [0.1, 0.15) is 5.01 Å². The molecule has 2 aromatic carbocycles. The summed E-state index contributed by atoms with van der Waals surface area (Å²) in [4.78, 5) is 27.6. The van der Waals surface area contributed by atoms with Crippen LogP contribution in [0.2, 0.25) is 5.02 Å². The van der Waals surface area contributed by atoms with Crippen LogP contribution in [0.4, 0.5) is 5.13 Å². The first-order chi connectivity index (χ1) is 16.6. The molecule has 4 rings (SSSR count). The van der Waals surface area contributed by atoms with Crippen molar-refractivity contribution in [2.24, 2.45) is 0 Å². The van der Waals surface area contributed by atoms with E-state index in [9.17, 15) is 9.59 Å². The molecule has 1 N–H and O–H groups in total. The lowest BCUT2D eigenvalue weighted by Crippen LogP contribution is -2.42. The lowest BCUT2D eigenvalue weighted by Gasteiger charge is -2.33. The highest BCUT2D eigenvalue weighted by atomic mass is 35.5. The maximum atomic E-state index is 13.1. The normalized spacial score (nSPS) is 14.3. The molecule has 0 atom stereocenters. The van der Waals surface area contributed by atoms with Crippen LogP contribution < -0.4 is 5.32 Å². The van der Waals surface area contributed by atoms with Gasteiger partial charge in [-0.3, -0.25) is 9.59 Å². The maximum absolute atomic E-state index is 13.1. The Labute approximate surface area is 208 Å². The summed E-state index contributed by atoms with van der Waals surface area (Å²) in [6, 6.07) is 17.3. The molecule has 8 heteroatoms. The third-order valence-electron chi connectivity index (χ3n) is 5.84. The topological polar surface area (TPSA) is 75.2 Å². The van der Waals surface area contributed by atoms with Crippen molar-refractivity contribution in [3.05, 3.63) is 71.3 Å². The van der Waals surface area contributed by atoms with Gasteiger partial charge >= 0.3 is 0 Å². The second-order valence-electron chi connectivity index (χ2n) is 8.29. The van der Waals surface area contributed by atoms with Crippen LogP contribution in [0.15, 0.2) is 60.7 Å². The van der Waals surface area contributed by atoms with Gasteiger partial charge in [0.25, 0.3) is 0 Å². The van der Waals surface area contributed by atoms with E-state index in [2.05, 4.69) is 15.5 Å². The van der Waals surface area contributed by atoms with Crippen LogP contribution in [-0.2, 0) is 9.59 Å². The Balaban J connectivity index is 1.37. The molecular weight excluding hydrogens is 468 g/mol. The second-order valence-corrected chi connectivity index (χ2v) is 9.70. The summed E-state index contributed by atoms with van der Waals surface area (Å²) in [6.07, 6.45) is 9.02. The first-order valence-corrected chi connectivity index (χ1v) is 12.7. The van der Waals surface area contributed by atoms with Crippen LogP contribution >= 0.6 is 22.9 Å². The van der Waals surface area contributed by atoms with Crippen molar-refractivity contribution in [2.75, 3.05) is 11.9 Å². The summed E-state index contributed by atoms with van der Waals surface area (Å²) in [5, 5.41) is 12.8. The number of rotatable bonds is 8. The number of hydrogen-bond acceptors (Lipinski definition) is 5. The molecule has 0 saturated heterocycles. The van der Waals surface area contributed by atoms with Crippen LogP contribution in [0.25, 0.3) is 16.6 Å². The summed E-state index contributed by atoms with van der Waals surface area (Å²) in [5.41, 5.74) is 1.83. The van der Waals surface area contributed by atoms with Crippen molar-refractivity contribution in [1.29, 1.82) is 0 Å². The summed E-state index contributed by atoms with van der Waals surface area (Å²) < 4.78 is 0. The minimum absolute atomic E-state index is 0.0530. The average Bonchev–Trinajstić information content (AvgIpc) is 3.32. The molecule has 1 fully saturated rings. The first-order valence-electron chi connectivity index (χ1n) is 11.5. The summed E-state index contributed by atoms with van der Waals surface area (Å²) in [5.74, 6) is -0.239. The molecule has 0 unspecified atom stereocenters. The van der Waals surface area contributed by atoms with Gasteiger partial charge in [-0.2, -0.15) is 0 Å². The number of nitrogens with zero attached hydrogens (tertiary/aromatic N) is 3. The number of carbonyl (C=O) groups is 2. The largest absolute Gasteiger partial charge is 0.336 e. The molecule has 176 valence electrons. The summed E-state index contributed by atoms with van der Waals surface area (Å²) >= 11 is 7.35. The molecule has 1 heterocycles. The Morgan fingerprint density at radius 1 is 1.06 bits per heavy atom. The Hall–Kier alpha value is -3.03. The Morgan fingerprint density at radius 2 is 1.85 bits per heavy atom. The molecular formula is C26H27ClN4O2S. The third kappa shape index (κ3) is 6.74. The quantitative estimate of drug-likeness (QED) is 0.386. The number of benzene rings is 2. The highest BCUT2D eigenvalue weighted by molar-refractivity contribution is 7.18. The summed E-state index contributed by atoms with van der Waals surface area (Å²) in [7, 11) is 0. The molecule has 0 aliphatic heterocycles. The number of nitrogens with one attached hydrogen (secondary N) is 1. The molecule has 0 radical (unpaired) electrons. The molecule has 0 bridgehead atoms. The van der Waals surface area contributed by atoms with Gasteiger partial charge in [0, 0.05) is 35.7 Å². The molecule has 6 nitrogen and oxygen atoms in total. The number of halogens is 1. The number of aromatic nitrogens is 2. The van der Waals surface area contributed by atoms with Gasteiger partial charge in [0.05, 0.1) is 0 Å². The highest BCUT2D eigenvalue weighted by Gasteiger charge is 2.24. The number of amides is 2. The van der Waals surface area contributed by atoms with Crippen molar-refractivity contribution in [1.82, 2.24) is 15.1 Å². The standard InChI is InChI=1S/C26H27ClN4O2S/c27-21-11-7-10-20(18-21)25-29-30-26(34-25)28-23(32)16-17-31(22-12-5-2-6-13-22)24(33)15-14-19-8-3-1-4-9-19/h1,3-4,7-11,14-15,18,22H,2,5-6,12-13,16-17H2,(H,28,30,32). The van der Waals surface area contributed by atoms with Crippen LogP contribution in [0.5, 0.6) is 0 Å². The van der Waals surface area contributed by atoms with Crippen LogP contribution in [-0.4, -0.2) is 39.5 Å². The van der Waals surface area contributed by atoms with Gasteiger partial charge < -0.3 is 10.2 Å². The zero-order chi connectivity index (χ0) is 23.8. The fourth-order valence-electron chi connectivity index (χ4n) is 4.11. The van der Waals surface area contributed by atoms with E-state index in [1.165, 1.54) is 17.8 Å². The Morgan fingerprint density at radius 3 is 2.62 bits per heavy atom. The number of carbonyl (C=O) groups excluding carboxylic acids is 2. The number of anilines is 1. The van der Waals surface area contributed by atoms with Crippen LogP contribution in [0.1, 0.15) is 44.1 Å². The predicted octanol–water partition coefficient (Wildman–Crippen LogP) is 6.06. The van der Waals surface area contributed by atoms with Crippen LogP contribution in [0, 0.1) is 0 Å². The molecule has 0 spiro atoms. The van der Waals surface area contributed by atoms with Gasteiger partial charge in [0.15, 0.2) is 0 Å². The van der Waals surface area contributed by atoms with E-state index < -0.39 is 0 Å². The minimum atomic E-state index is -0.186. The second kappa shape index (κ2) is 11.9. The molecule has 1 saturated carbocycles. The molecule has 1 aliphatic rings. The van der Waals surface area contributed by atoms with Crippen molar-refractivity contribution in [2.45, 2.75) is 44.6 Å². The molecule has 3 aromatic rings. The number of hydrogen-bond donors (Lipinski definition) is 1. The van der Waals surface area contributed by atoms with Gasteiger partial charge in [-0.1, -0.05) is 84.7 Å². The lowest BCUT2D eigenvalue weighted by atomic mass is 9.94. The maximum Gasteiger partial charge on any atom is 0.246 e. The summed E-state index contributed by atoms with van der Waals surface area (Å²) in [6.45, 7) is 0.369. The third-order valence-corrected chi connectivity index (χ3v) is 6.96. The van der Waals surface area contributed by atoms with Crippen molar-refractivity contribution >= 4 is 46.0 Å². The zero-order valence-corrected chi connectivity index (χ0v) is 20.4. The van der Waals surface area contributed by atoms with Crippen LogP contribution in [0.3, 0.4) is 0 Å². The zero-order valence-electron chi connectivity index (χ0n) is 18.8. The van der Waals surface area contributed by atoms with Crippen molar-refractivity contribution < 1.29 is 9.59 Å². The van der Waals surface area contributed by atoms with E-state index in [4.69, 9.17) is 11.6 Å². The van der Waals surface area contributed by atoms with Gasteiger partial charge in [-0.05, 0) is 36.6 Å². The predicted molar refractivity (Wildman–Crippen MR) is 138 cm³/mol. The SMILES string of the molecule is O=C(CCN(C(=O)C=Cc1ccccc1)C1CCCCC1)Nc1nnc(-c2cccc(Cl)c2)s1. The van der Waals surface area contributed by atoms with E-state index >= 15 is 0 Å². The van der Waals surface area contributed by atoms with Crippen molar-refractivity contribution in [3.63, 3.8) is 0 Å². The van der Waals surface area contributed by atoms with Gasteiger partial charge in [-0.25, -0.2) is 0 Å². The first kappa shape index (κ1) is 24.1. The molecule has 1 aromatic heterocycles. The fourth-order valence-corrected chi connectivity index (χ4v) is 5.05.